The first-order chi connectivity index (χ1) is 6.00. The average molecular weight is 182 g/mol. The molecule has 0 N–H and O–H groups in total. The second-order valence-corrected chi connectivity index (χ2v) is 3.33. The van der Waals surface area contributed by atoms with Crippen LogP contribution in [0.25, 0.3) is 0 Å². The van der Waals surface area contributed by atoms with E-state index in [2.05, 4.69) is 0 Å². The van der Waals surface area contributed by atoms with Crippen molar-refractivity contribution in [1.29, 1.82) is 0 Å². The second-order valence-electron chi connectivity index (χ2n) is 3.33. The number of carbonyl (C=O) groups is 2. The highest BCUT2D eigenvalue weighted by atomic mass is 16.1. The topological polar surface area (TPSA) is 34.1 Å². The molecule has 2 heteroatoms. The molecule has 0 bridgehead atoms. The lowest BCUT2D eigenvalue weighted by molar-refractivity contribution is -0.117. The molecular formula is C11H18O2. The molecule has 0 amide bonds. The first-order valence-corrected chi connectivity index (χ1v) is 4.72. The lowest BCUT2D eigenvalue weighted by Gasteiger charge is -2.03. The minimum Gasteiger partial charge on any atom is -0.295 e. The third kappa shape index (κ3) is 4.02. The molecule has 0 aromatic heterocycles. The summed E-state index contributed by atoms with van der Waals surface area (Å²) in [6.07, 6.45) is 2.48. The van der Waals surface area contributed by atoms with Crippen molar-refractivity contribution in [2.45, 2.75) is 47.0 Å². The van der Waals surface area contributed by atoms with Crippen LogP contribution in [0.1, 0.15) is 47.0 Å². The van der Waals surface area contributed by atoms with Gasteiger partial charge in [-0.05, 0) is 38.3 Å². The summed E-state index contributed by atoms with van der Waals surface area (Å²) < 4.78 is 0. The standard InChI is InChI=1S/C11H18O2/c1-5-6-7-11(13)9(3)8(2)10(4)12/h5-7H2,1-4H3/b9-8-. The van der Waals surface area contributed by atoms with Gasteiger partial charge in [-0.2, -0.15) is 0 Å². The third-order valence-electron chi connectivity index (χ3n) is 2.27. The quantitative estimate of drug-likeness (QED) is 0.612. The van der Waals surface area contributed by atoms with Crippen LogP contribution in [0.5, 0.6) is 0 Å². The molecule has 0 aliphatic carbocycles. The van der Waals surface area contributed by atoms with Crippen LogP contribution < -0.4 is 0 Å². The Labute approximate surface area is 80.0 Å². The van der Waals surface area contributed by atoms with Crippen molar-refractivity contribution in [1.82, 2.24) is 0 Å². The van der Waals surface area contributed by atoms with E-state index < -0.39 is 0 Å². The summed E-state index contributed by atoms with van der Waals surface area (Å²) in [6, 6.07) is 0. The monoisotopic (exact) mass is 182 g/mol. The second kappa shape index (κ2) is 5.68. The van der Waals surface area contributed by atoms with Gasteiger partial charge < -0.3 is 0 Å². The van der Waals surface area contributed by atoms with Crippen LogP contribution in [0.4, 0.5) is 0 Å². The Kier molecular flexibility index (Phi) is 5.28. The van der Waals surface area contributed by atoms with E-state index in [1.165, 1.54) is 6.92 Å². The molecule has 0 fully saturated rings. The molecule has 0 aromatic rings. The maximum absolute atomic E-state index is 11.4. The van der Waals surface area contributed by atoms with Crippen molar-refractivity contribution in [2.75, 3.05) is 0 Å². The number of allylic oxidation sites excluding steroid dienone is 2. The Bertz CT molecular complexity index is 236. The van der Waals surface area contributed by atoms with Crippen LogP contribution >= 0.6 is 0 Å². The van der Waals surface area contributed by atoms with Gasteiger partial charge in [0.15, 0.2) is 11.6 Å². The van der Waals surface area contributed by atoms with Crippen molar-refractivity contribution in [3.8, 4) is 0 Å². The highest BCUT2D eigenvalue weighted by Crippen LogP contribution is 2.09. The maximum Gasteiger partial charge on any atom is 0.158 e. The molecule has 0 aliphatic heterocycles. The van der Waals surface area contributed by atoms with Crippen LogP contribution in [0.15, 0.2) is 11.1 Å². The van der Waals surface area contributed by atoms with Crippen LogP contribution in [0.2, 0.25) is 0 Å². The zero-order valence-electron chi connectivity index (χ0n) is 8.94. The number of hydrogen-bond donors (Lipinski definition) is 0. The molecule has 0 aliphatic rings. The van der Waals surface area contributed by atoms with E-state index in [1.807, 2.05) is 6.92 Å². The summed E-state index contributed by atoms with van der Waals surface area (Å²) in [5.74, 6) is 0.0944. The Morgan fingerprint density at radius 3 is 1.92 bits per heavy atom. The molecule has 13 heavy (non-hydrogen) atoms. The minimum absolute atomic E-state index is 0.0117. The van der Waals surface area contributed by atoms with E-state index in [9.17, 15) is 9.59 Å². The number of carbonyl (C=O) groups excluding carboxylic acids is 2. The van der Waals surface area contributed by atoms with Gasteiger partial charge in [-0.15, -0.1) is 0 Å². The highest BCUT2D eigenvalue weighted by molar-refractivity contribution is 6.04. The largest absolute Gasteiger partial charge is 0.295 e. The van der Waals surface area contributed by atoms with Crippen molar-refractivity contribution < 1.29 is 9.59 Å². The van der Waals surface area contributed by atoms with Crippen LogP contribution in [-0.2, 0) is 9.59 Å². The van der Waals surface area contributed by atoms with E-state index in [4.69, 9.17) is 0 Å². The maximum atomic E-state index is 11.4. The first-order valence-electron chi connectivity index (χ1n) is 4.72. The molecular weight excluding hydrogens is 164 g/mol. The summed E-state index contributed by atoms with van der Waals surface area (Å²) in [5, 5.41) is 0. The summed E-state index contributed by atoms with van der Waals surface area (Å²) >= 11 is 0. The van der Waals surface area contributed by atoms with E-state index >= 15 is 0 Å². The zero-order chi connectivity index (χ0) is 10.4. The molecule has 0 heterocycles. The smallest absolute Gasteiger partial charge is 0.158 e. The predicted octanol–water partition coefficient (Wildman–Crippen LogP) is 2.67. The van der Waals surface area contributed by atoms with Gasteiger partial charge in [0.1, 0.15) is 0 Å². The van der Waals surface area contributed by atoms with Crippen molar-refractivity contribution in [3.63, 3.8) is 0 Å². The fraction of sp³-hybridized carbons (Fsp3) is 0.636. The van der Waals surface area contributed by atoms with Gasteiger partial charge in [-0.3, -0.25) is 9.59 Å². The van der Waals surface area contributed by atoms with E-state index in [0.717, 1.165) is 12.8 Å². The number of Topliss-reactive ketones (excluding diaryl/α,β-unsaturated/α-hetero) is 2. The number of rotatable bonds is 5. The Hall–Kier alpha value is -0.920. The molecule has 74 valence electrons. The van der Waals surface area contributed by atoms with Crippen LogP contribution in [0.3, 0.4) is 0 Å². The van der Waals surface area contributed by atoms with Crippen LogP contribution in [0, 0.1) is 0 Å². The Morgan fingerprint density at radius 2 is 1.54 bits per heavy atom. The first kappa shape index (κ1) is 12.1. The van der Waals surface area contributed by atoms with Gasteiger partial charge >= 0.3 is 0 Å². The number of ketones is 2. The fourth-order valence-corrected chi connectivity index (χ4v) is 0.998. The summed E-state index contributed by atoms with van der Waals surface area (Å²) in [7, 11) is 0. The van der Waals surface area contributed by atoms with Crippen molar-refractivity contribution >= 4 is 11.6 Å². The normalized spacial score (nSPS) is 12.3. The van der Waals surface area contributed by atoms with E-state index in [1.54, 1.807) is 13.8 Å². The molecule has 0 rings (SSSR count). The van der Waals surface area contributed by atoms with Gasteiger partial charge in [-0.1, -0.05) is 13.3 Å². The van der Waals surface area contributed by atoms with E-state index in [-0.39, 0.29) is 11.6 Å². The summed E-state index contributed by atoms with van der Waals surface area (Å²) in [5.41, 5.74) is 1.22. The van der Waals surface area contributed by atoms with Gasteiger partial charge in [-0.25, -0.2) is 0 Å². The summed E-state index contributed by atoms with van der Waals surface area (Å²) in [6.45, 7) is 6.98. The van der Waals surface area contributed by atoms with Gasteiger partial charge in [0, 0.05) is 6.42 Å². The Morgan fingerprint density at radius 1 is 1.00 bits per heavy atom. The molecule has 0 atom stereocenters. The zero-order valence-corrected chi connectivity index (χ0v) is 8.94. The van der Waals surface area contributed by atoms with Gasteiger partial charge in [0.25, 0.3) is 0 Å². The molecule has 0 saturated heterocycles. The van der Waals surface area contributed by atoms with E-state index in [0.29, 0.717) is 17.6 Å². The molecule has 0 unspecified atom stereocenters. The third-order valence-corrected chi connectivity index (χ3v) is 2.27. The molecule has 0 radical (unpaired) electrons. The average Bonchev–Trinajstić information content (AvgIpc) is 2.11. The number of unbranched alkanes of at least 4 members (excludes halogenated alkanes) is 1. The Balaban J connectivity index is 4.40. The highest BCUT2D eigenvalue weighted by Gasteiger charge is 2.09. The van der Waals surface area contributed by atoms with Crippen LogP contribution in [-0.4, -0.2) is 11.6 Å². The lowest BCUT2D eigenvalue weighted by atomic mass is 10.0. The molecule has 0 saturated carbocycles. The molecule has 2 nitrogen and oxygen atoms in total. The molecule has 0 aromatic carbocycles. The minimum atomic E-state index is -0.0117. The SMILES string of the molecule is CCCCC(=O)/C(C)=C(/C)C(C)=O. The van der Waals surface area contributed by atoms with Crippen molar-refractivity contribution in [3.05, 3.63) is 11.1 Å². The van der Waals surface area contributed by atoms with Crippen molar-refractivity contribution in [2.24, 2.45) is 0 Å². The van der Waals surface area contributed by atoms with Gasteiger partial charge in [0.2, 0.25) is 0 Å². The predicted molar refractivity (Wildman–Crippen MR) is 53.6 cm³/mol. The molecule has 0 spiro atoms. The number of hydrogen-bond acceptors (Lipinski definition) is 2. The summed E-state index contributed by atoms with van der Waals surface area (Å²) in [4.78, 5) is 22.4. The van der Waals surface area contributed by atoms with Gasteiger partial charge in [0.05, 0.1) is 0 Å². The lowest BCUT2D eigenvalue weighted by Crippen LogP contribution is -2.05. The fourth-order valence-electron chi connectivity index (χ4n) is 0.998.